The molecule has 1 saturated heterocycles. The Morgan fingerprint density at radius 2 is 0.983 bits per heavy atom. The van der Waals surface area contributed by atoms with Gasteiger partial charge in [-0.25, -0.2) is 0 Å². The summed E-state index contributed by atoms with van der Waals surface area (Å²) in [5.74, 6) is -0.256. The van der Waals surface area contributed by atoms with Crippen molar-refractivity contribution in [3.63, 3.8) is 0 Å². The highest BCUT2D eigenvalue weighted by Gasteiger charge is 2.44. The summed E-state index contributed by atoms with van der Waals surface area (Å²) in [6.45, 7) is 9.48. The van der Waals surface area contributed by atoms with Gasteiger partial charge in [-0.1, -0.05) is 181 Å². The molecule has 0 bridgehead atoms. The minimum absolute atomic E-state index is 0.256. The van der Waals surface area contributed by atoms with E-state index >= 15 is 0 Å². The zero-order valence-electron chi connectivity index (χ0n) is 38.4. The summed E-state index contributed by atoms with van der Waals surface area (Å²) in [6, 6.07) is -0.993. The van der Waals surface area contributed by atoms with Crippen LogP contribution < -0.4 is 5.32 Å². The molecule has 0 aromatic rings. The average molecular weight is 845 g/mol. The Balaban J connectivity index is 2.51. The van der Waals surface area contributed by atoms with Gasteiger partial charge in [0.2, 0.25) is 5.91 Å². The summed E-state index contributed by atoms with van der Waals surface area (Å²) >= 11 is 0. The minimum Gasteiger partial charge on any atom is -0.394 e. The molecular weight excluding hydrogens is 749 g/mol. The molecule has 0 saturated carbocycles. The van der Waals surface area contributed by atoms with Gasteiger partial charge in [0.05, 0.1) is 25.4 Å². The quantitative estimate of drug-likeness (QED) is 0.0296. The largest absolute Gasteiger partial charge is 0.394 e. The number of ether oxygens (including phenoxy) is 2. The van der Waals surface area contributed by atoms with Crippen LogP contribution in [0.1, 0.15) is 220 Å². The molecule has 0 radical (unpaired) electrons. The molecule has 0 aromatic carbocycles. The zero-order chi connectivity index (χ0) is 43.4. The van der Waals surface area contributed by atoms with E-state index in [0.29, 0.717) is 12.8 Å². The average Bonchev–Trinajstić information content (AvgIpc) is 3.23. The Hall–Kier alpha value is -0.890. The molecule has 1 rings (SSSR count). The third-order valence-corrected chi connectivity index (χ3v) is 12.3. The monoisotopic (exact) mass is 845 g/mol. The van der Waals surface area contributed by atoms with Gasteiger partial charge in [-0.2, -0.15) is 0 Å². The van der Waals surface area contributed by atoms with E-state index in [-0.39, 0.29) is 18.9 Å². The van der Waals surface area contributed by atoms with Gasteiger partial charge in [0.15, 0.2) is 6.29 Å². The highest BCUT2D eigenvalue weighted by atomic mass is 16.7. The predicted octanol–water partition coefficient (Wildman–Crippen LogP) is 8.46. The van der Waals surface area contributed by atoms with Gasteiger partial charge >= 0.3 is 0 Å². The minimum atomic E-state index is -1.61. The molecule has 1 heterocycles. The van der Waals surface area contributed by atoms with Crippen LogP contribution in [0.4, 0.5) is 0 Å². The van der Waals surface area contributed by atoms with E-state index in [1.54, 1.807) is 0 Å². The van der Waals surface area contributed by atoms with E-state index < -0.39 is 55.6 Å². The maximum atomic E-state index is 13.1. The SMILES string of the molecule is CCCCCCCCCCCCCCC[C@@H](O)[C@@H](O)[C@H](CO[C@H]1O[C@H](CO)[C@H](O)[C@H](O)[C@H]1O)NC(=O)CCCCCCCCN(CCCCCCC)CCCCCCC. The topological polar surface area (TPSA) is 172 Å². The molecule has 1 fully saturated rings. The first-order valence-corrected chi connectivity index (χ1v) is 25.0. The third-order valence-electron chi connectivity index (χ3n) is 12.3. The van der Waals surface area contributed by atoms with E-state index in [4.69, 9.17) is 9.47 Å². The lowest BCUT2D eigenvalue weighted by atomic mass is 9.98. The van der Waals surface area contributed by atoms with Gasteiger partial charge < -0.3 is 50.3 Å². The summed E-state index contributed by atoms with van der Waals surface area (Å²) in [5.41, 5.74) is 0. The van der Waals surface area contributed by atoms with Gasteiger partial charge in [-0.15, -0.1) is 0 Å². The van der Waals surface area contributed by atoms with Crippen LogP contribution in [0, 0.1) is 0 Å². The van der Waals surface area contributed by atoms with Crippen LogP contribution in [-0.2, 0) is 14.3 Å². The van der Waals surface area contributed by atoms with Crippen molar-refractivity contribution < 1.29 is 44.9 Å². The standard InChI is InChI=1S/C48H96N2O9/c1-4-7-10-13-14-15-16-17-18-19-20-23-28-33-41(52)44(54)40(39-58-48-47(57)46(56)45(55)42(38-51)59-48)49-43(53)34-29-24-21-22-27-32-37-50(35-30-25-11-8-5-2)36-31-26-12-9-6-3/h40-42,44-48,51-52,54-57H,4-39H2,1-3H3,(H,49,53)/t40-,41+,42+,44-,45-,46-,47+,48-/m0/s1. The number of hydrogen-bond donors (Lipinski definition) is 7. The van der Waals surface area contributed by atoms with Gasteiger partial charge in [-0.3, -0.25) is 4.79 Å². The van der Waals surface area contributed by atoms with Crippen LogP contribution >= 0.6 is 0 Å². The number of amides is 1. The fourth-order valence-electron chi connectivity index (χ4n) is 8.26. The van der Waals surface area contributed by atoms with Gasteiger partial charge in [-0.05, 0) is 51.7 Å². The fraction of sp³-hybridized carbons (Fsp3) is 0.979. The van der Waals surface area contributed by atoms with Crippen molar-refractivity contribution in [1.29, 1.82) is 0 Å². The number of carbonyl (C=O) groups excluding carboxylic acids is 1. The van der Waals surface area contributed by atoms with E-state index in [2.05, 4.69) is 31.0 Å². The van der Waals surface area contributed by atoms with Crippen LogP contribution in [0.15, 0.2) is 0 Å². The fourth-order valence-corrected chi connectivity index (χ4v) is 8.26. The van der Waals surface area contributed by atoms with Crippen molar-refractivity contribution >= 4 is 5.91 Å². The van der Waals surface area contributed by atoms with Crippen LogP contribution in [0.2, 0.25) is 0 Å². The molecule has 0 aromatic heterocycles. The molecule has 0 aliphatic carbocycles. The predicted molar refractivity (Wildman–Crippen MR) is 240 cm³/mol. The van der Waals surface area contributed by atoms with Crippen molar-refractivity contribution in [3.05, 3.63) is 0 Å². The Morgan fingerprint density at radius 3 is 1.42 bits per heavy atom. The van der Waals surface area contributed by atoms with Crippen LogP contribution in [0.5, 0.6) is 0 Å². The molecule has 352 valence electrons. The number of aliphatic hydroxyl groups is 6. The second-order valence-corrected chi connectivity index (χ2v) is 17.8. The molecule has 0 unspecified atom stereocenters. The number of aliphatic hydroxyl groups excluding tert-OH is 6. The number of nitrogens with one attached hydrogen (secondary N) is 1. The molecule has 11 nitrogen and oxygen atoms in total. The van der Waals surface area contributed by atoms with Crippen LogP contribution in [0.25, 0.3) is 0 Å². The van der Waals surface area contributed by atoms with Crippen LogP contribution in [-0.4, -0.2) is 123 Å². The summed E-state index contributed by atoms with van der Waals surface area (Å²) in [4.78, 5) is 15.8. The first-order chi connectivity index (χ1) is 28.7. The molecule has 1 aliphatic rings. The molecule has 1 amide bonds. The first-order valence-electron chi connectivity index (χ1n) is 25.0. The smallest absolute Gasteiger partial charge is 0.220 e. The number of hydrogen-bond acceptors (Lipinski definition) is 10. The van der Waals surface area contributed by atoms with E-state index in [1.807, 2.05) is 0 Å². The summed E-state index contributed by atoms with van der Waals surface area (Å²) in [6.07, 6.45) is 26.1. The van der Waals surface area contributed by atoms with Crippen molar-refractivity contribution in [1.82, 2.24) is 10.2 Å². The first kappa shape index (κ1) is 56.1. The van der Waals surface area contributed by atoms with Crippen molar-refractivity contribution in [2.75, 3.05) is 32.8 Å². The van der Waals surface area contributed by atoms with Gasteiger partial charge in [0.25, 0.3) is 0 Å². The molecule has 0 spiro atoms. The van der Waals surface area contributed by atoms with E-state index in [0.717, 1.165) is 44.9 Å². The second-order valence-electron chi connectivity index (χ2n) is 17.8. The second kappa shape index (κ2) is 38.8. The van der Waals surface area contributed by atoms with Crippen molar-refractivity contribution in [2.24, 2.45) is 0 Å². The number of carbonyl (C=O) groups is 1. The maximum absolute atomic E-state index is 13.1. The lowest BCUT2D eigenvalue weighted by molar-refractivity contribution is -0.303. The molecule has 11 heteroatoms. The van der Waals surface area contributed by atoms with Gasteiger partial charge in [0, 0.05) is 6.42 Å². The third kappa shape index (κ3) is 28.4. The van der Waals surface area contributed by atoms with Crippen LogP contribution in [0.3, 0.4) is 0 Å². The summed E-state index contributed by atoms with van der Waals surface area (Å²) < 4.78 is 11.2. The Morgan fingerprint density at radius 1 is 0.576 bits per heavy atom. The Bertz CT molecular complexity index is 917. The maximum Gasteiger partial charge on any atom is 0.220 e. The number of nitrogens with zero attached hydrogens (tertiary/aromatic N) is 1. The lowest BCUT2D eigenvalue weighted by Crippen LogP contribution is -2.60. The van der Waals surface area contributed by atoms with E-state index in [1.165, 1.54) is 154 Å². The highest BCUT2D eigenvalue weighted by Crippen LogP contribution is 2.23. The molecule has 7 N–H and O–H groups in total. The Kier molecular flexibility index (Phi) is 36.9. The Labute approximate surface area is 361 Å². The number of unbranched alkanes of at least 4 members (excludes halogenated alkanes) is 25. The molecule has 1 aliphatic heterocycles. The summed E-state index contributed by atoms with van der Waals surface area (Å²) in [7, 11) is 0. The number of rotatable bonds is 42. The highest BCUT2D eigenvalue weighted by molar-refractivity contribution is 5.76. The van der Waals surface area contributed by atoms with Gasteiger partial charge in [0.1, 0.15) is 30.5 Å². The van der Waals surface area contributed by atoms with E-state index in [9.17, 15) is 35.4 Å². The summed E-state index contributed by atoms with van der Waals surface area (Å²) in [5, 5.41) is 65.5. The normalized spacial score (nSPS) is 21.2. The molecule has 59 heavy (non-hydrogen) atoms. The molecule has 8 atom stereocenters. The van der Waals surface area contributed by atoms with Crippen molar-refractivity contribution in [2.45, 2.75) is 269 Å². The lowest BCUT2D eigenvalue weighted by Gasteiger charge is -2.40. The molecular formula is C48H96N2O9. The van der Waals surface area contributed by atoms with Crippen molar-refractivity contribution in [3.8, 4) is 0 Å². The zero-order valence-corrected chi connectivity index (χ0v) is 38.4.